The highest BCUT2D eigenvalue weighted by molar-refractivity contribution is 7.89. The molecule has 1 unspecified atom stereocenters. The van der Waals surface area contributed by atoms with E-state index in [1.165, 1.54) is 16.2 Å². The van der Waals surface area contributed by atoms with Crippen LogP contribution in [0.4, 0.5) is 0 Å². The molecule has 0 aliphatic rings. The average Bonchev–Trinajstić information content (AvgIpc) is 2.94. The summed E-state index contributed by atoms with van der Waals surface area (Å²) in [5, 5.41) is 11.0. The maximum atomic E-state index is 12.5. The zero-order valence-corrected chi connectivity index (χ0v) is 14.7. The van der Waals surface area contributed by atoms with Crippen molar-refractivity contribution >= 4 is 32.7 Å². The Bertz CT molecular complexity index is 716. The third kappa shape index (κ3) is 3.92. The summed E-state index contributed by atoms with van der Waals surface area (Å²) >= 11 is 2.95. The van der Waals surface area contributed by atoms with Gasteiger partial charge in [0.15, 0.2) is 0 Å². The standard InChI is InChI=1S/C14H19NO3S3/c1-9-8-19-13(7-16)14(9)21(17,18)15-10(2)6-12-5-4-11(3)20-12/h4-5,8,10,15-16H,6-7H2,1-3H3. The Balaban J connectivity index is 2.15. The maximum absolute atomic E-state index is 12.5. The van der Waals surface area contributed by atoms with Crippen molar-refractivity contribution < 1.29 is 13.5 Å². The van der Waals surface area contributed by atoms with Gasteiger partial charge in [0.2, 0.25) is 10.0 Å². The average molecular weight is 346 g/mol. The Hall–Kier alpha value is -0.730. The number of rotatable bonds is 6. The van der Waals surface area contributed by atoms with E-state index in [2.05, 4.69) is 4.72 Å². The van der Waals surface area contributed by atoms with Crippen LogP contribution in [-0.2, 0) is 23.1 Å². The van der Waals surface area contributed by atoms with Crippen molar-refractivity contribution in [1.29, 1.82) is 0 Å². The largest absolute Gasteiger partial charge is 0.391 e. The van der Waals surface area contributed by atoms with Gasteiger partial charge in [0.1, 0.15) is 4.90 Å². The molecule has 0 bridgehead atoms. The first-order valence-corrected chi connectivity index (χ1v) is 9.77. The summed E-state index contributed by atoms with van der Waals surface area (Å²) in [6, 6.07) is 3.87. The first-order chi connectivity index (χ1) is 9.83. The van der Waals surface area contributed by atoms with Crippen LogP contribution in [0, 0.1) is 13.8 Å². The van der Waals surface area contributed by atoms with Crippen LogP contribution < -0.4 is 4.72 Å². The van der Waals surface area contributed by atoms with Gasteiger partial charge in [0, 0.05) is 15.8 Å². The van der Waals surface area contributed by atoms with Crippen molar-refractivity contribution in [3.8, 4) is 0 Å². The van der Waals surface area contributed by atoms with Crippen LogP contribution in [0.25, 0.3) is 0 Å². The molecule has 0 aliphatic heterocycles. The number of aliphatic hydroxyl groups is 1. The highest BCUT2D eigenvalue weighted by Crippen LogP contribution is 2.27. The molecule has 0 fully saturated rings. The van der Waals surface area contributed by atoms with Crippen LogP contribution in [0.15, 0.2) is 22.4 Å². The predicted octanol–water partition coefficient (Wildman–Crippen LogP) is 2.83. The van der Waals surface area contributed by atoms with Gasteiger partial charge in [-0.15, -0.1) is 22.7 Å². The Morgan fingerprint density at radius 2 is 2.05 bits per heavy atom. The minimum Gasteiger partial charge on any atom is -0.391 e. The molecule has 1 atom stereocenters. The Morgan fingerprint density at radius 1 is 1.33 bits per heavy atom. The summed E-state index contributed by atoms with van der Waals surface area (Å²) < 4.78 is 27.7. The molecule has 0 amide bonds. The van der Waals surface area contributed by atoms with Gasteiger partial charge in [-0.3, -0.25) is 0 Å². The lowest BCUT2D eigenvalue weighted by molar-refractivity contribution is 0.282. The molecule has 21 heavy (non-hydrogen) atoms. The normalized spacial score (nSPS) is 13.5. The van der Waals surface area contributed by atoms with E-state index in [1.807, 2.05) is 26.0 Å². The van der Waals surface area contributed by atoms with Crippen molar-refractivity contribution in [1.82, 2.24) is 4.72 Å². The lowest BCUT2D eigenvalue weighted by Crippen LogP contribution is -2.34. The quantitative estimate of drug-likeness (QED) is 0.846. The molecular formula is C14H19NO3S3. The highest BCUT2D eigenvalue weighted by Gasteiger charge is 2.24. The predicted molar refractivity (Wildman–Crippen MR) is 87.5 cm³/mol. The fourth-order valence-corrected chi connectivity index (χ4v) is 6.14. The lowest BCUT2D eigenvalue weighted by atomic mass is 10.2. The van der Waals surface area contributed by atoms with Crippen molar-refractivity contribution in [3.63, 3.8) is 0 Å². The lowest BCUT2D eigenvalue weighted by Gasteiger charge is -2.14. The molecule has 0 aliphatic carbocycles. The summed E-state index contributed by atoms with van der Waals surface area (Å²) in [6.45, 7) is 5.38. The van der Waals surface area contributed by atoms with Crippen molar-refractivity contribution in [3.05, 3.63) is 37.7 Å². The summed E-state index contributed by atoms with van der Waals surface area (Å²) in [6.07, 6.45) is 0.662. The summed E-state index contributed by atoms with van der Waals surface area (Å²) in [5.41, 5.74) is 0.677. The van der Waals surface area contributed by atoms with Gasteiger partial charge in [0.25, 0.3) is 0 Å². The first-order valence-electron chi connectivity index (χ1n) is 6.59. The fourth-order valence-electron chi connectivity index (χ4n) is 2.22. The topological polar surface area (TPSA) is 66.4 Å². The highest BCUT2D eigenvalue weighted by atomic mass is 32.2. The number of hydrogen-bond acceptors (Lipinski definition) is 5. The smallest absolute Gasteiger partial charge is 0.242 e. The van der Waals surface area contributed by atoms with Crippen LogP contribution >= 0.6 is 22.7 Å². The Kier molecular flexibility index (Phi) is 5.21. The number of nitrogens with one attached hydrogen (secondary N) is 1. The first kappa shape index (κ1) is 16.6. The van der Waals surface area contributed by atoms with E-state index >= 15 is 0 Å². The van der Waals surface area contributed by atoms with Gasteiger partial charge in [-0.05, 0) is 50.3 Å². The number of sulfonamides is 1. The maximum Gasteiger partial charge on any atom is 0.242 e. The minimum absolute atomic E-state index is 0.195. The molecule has 7 heteroatoms. The van der Waals surface area contributed by atoms with Crippen molar-refractivity contribution in [2.24, 2.45) is 0 Å². The van der Waals surface area contributed by atoms with E-state index in [9.17, 15) is 13.5 Å². The van der Waals surface area contributed by atoms with Gasteiger partial charge in [-0.1, -0.05) is 0 Å². The molecule has 0 aromatic carbocycles. The number of hydrogen-bond donors (Lipinski definition) is 2. The zero-order chi connectivity index (χ0) is 15.6. The number of thiophene rings is 2. The third-order valence-electron chi connectivity index (χ3n) is 3.06. The molecule has 2 aromatic heterocycles. The van der Waals surface area contributed by atoms with Gasteiger partial charge < -0.3 is 5.11 Å². The Morgan fingerprint density at radius 3 is 2.62 bits per heavy atom. The molecule has 4 nitrogen and oxygen atoms in total. The molecule has 0 saturated heterocycles. The van der Waals surface area contributed by atoms with Crippen molar-refractivity contribution in [2.45, 2.75) is 44.7 Å². The van der Waals surface area contributed by atoms with Crippen LogP contribution in [0.1, 0.15) is 27.1 Å². The summed E-state index contributed by atoms with van der Waals surface area (Å²) in [4.78, 5) is 3.09. The van der Waals surface area contributed by atoms with Crippen LogP contribution in [0.5, 0.6) is 0 Å². The van der Waals surface area contributed by atoms with E-state index in [0.29, 0.717) is 16.9 Å². The van der Waals surface area contributed by atoms with Gasteiger partial charge in [0.05, 0.1) is 11.5 Å². The molecule has 0 saturated carbocycles. The monoisotopic (exact) mass is 345 g/mol. The van der Waals surface area contributed by atoms with E-state index < -0.39 is 10.0 Å². The van der Waals surface area contributed by atoms with Gasteiger partial charge in [-0.25, -0.2) is 13.1 Å². The molecule has 0 spiro atoms. The van der Waals surface area contributed by atoms with Crippen LogP contribution in [0.2, 0.25) is 0 Å². The second kappa shape index (κ2) is 6.58. The van der Waals surface area contributed by atoms with Gasteiger partial charge in [-0.2, -0.15) is 0 Å². The molecule has 2 rings (SSSR count). The van der Waals surface area contributed by atoms with E-state index in [1.54, 1.807) is 23.6 Å². The zero-order valence-electron chi connectivity index (χ0n) is 12.2. The second-order valence-electron chi connectivity index (χ2n) is 5.07. The van der Waals surface area contributed by atoms with Crippen LogP contribution in [0.3, 0.4) is 0 Å². The van der Waals surface area contributed by atoms with Crippen LogP contribution in [-0.4, -0.2) is 19.6 Å². The second-order valence-corrected chi connectivity index (χ2v) is 9.06. The molecule has 2 N–H and O–H groups in total. The summed E-state index contributed by atoms with van der Waals surface area (Å²) in [5.74, 6) is 0. The van der Waals surface area contributed by atoms with Gasteiger partial charge >= 0.3 is 0 Å². The minimum atomic E-state index is -3.60. The van der Waals surface area contributed by atoms with E-state index in [4.69, 9.17) is 0 Å². The molecule has 116 valence electrons. The van der Waals surface area contributed by atoms with Crippen molar-refractivity contribution in [2.75, 3.05) is 0 Å². The molecule has 2 aromatic rings. The molecule has 0 radical (unpaired) electrons. The third-order valence-corrected chi connectivity index (χ3v) is 7.12. The number of aryl methyl sites for hydroxylation is 2. The number of aliphatic hydroxyl groups excluding tert-OH is 1. The SMILES string of the molecule is Cc1ccc(CC(C)NS(=O)(=O)c2c(C)csc2CO)s1. The molecular weight excluding hydrogens is 326 g/mol. The molecule has 2 heterocycles. The fraction of sp³-hybridized carbons (Fsp3) is 0.429. The summed E-state index contributed by atoms with van der Waals surface area (Å²) in [7, 11) is -3.60. The Labute approximate surface area is 133 Å². The van der Waals surface area contributed by atoms with E-state index in [0.717, 1.165) is 4.88 Å². The van der Waals surface area contributed by atoms with E-state index in [-0.39, 0.29) is 17.5 Å².